The topological polar surface area (TPSA) is 65.5 Å². The highest BCUT2D eigenvalue weighted by molar-refractivity contribution is 5.94. The van der Waals surface area contributed by atoms with Crippen molar-refractivity contribution in [1.82, 2.24) is 20.1 Å². The third kappa shape index (κ3) is 3.84. The number of aryl methyl sites for hydroxylation is 1. The Hall–Kier alpha value is -1.95. The molecule has 0 bridgehead atoms. The summed E-state index contributed by atoms with van der Waals surface area (Å²) >= 11 is 0. The first-order valence-electron chi connectivity index (χ1n) is 9.26. The molecule has 1 aromatic rings. The Balaban J connectivity index is 1.77. The summed E-state index contributed by atoms with van der Waals surface area (Å²) < 4.78 is 0. The van der Waals surface area contributed by atoms with Crippen LogP contribution >= 0.6 is 0 Å². The van der Waals surface area contributed by atoms with Crippen LogP contribution in [0, 0.1) is 0 Å². The van der Waals surface area contributed by atoms with E-state index in [1.165, 1.54) is 0 Å². The number of carbonyl (C=O) groups excluding carboxylic acids is 2. The number of piperazine rings is 1. The molecular formula is C19H28N4O2. The third-order valence-electron chi connectivity index (χ3n) is 5.59. The van der Waals surface area contributed by atoms with Crippen LogP contribution in [0.1, 0.15) is 48.7 Å². The molecule has 0 saturated carbocycles. The van der Waals surface area contributed by atoms with E-state index < -0.39 is 0 Å². The average Bonchev–Trinajstić information content (AvgIpc) is 2.80. The van der Waals surface area contributed by atoms with Crippen molar-refractivity contribution in [3.63, 3.8) is 0 Å². The molecule has 3 heterocycles. The Labute approximate surface area is 149 Å². The molecule has 6 nitrogen and oxygen atoms in total. The van der Waals surface area contributed by atoms with E-state index in [0.717, 1.165) is 50.0 Å². The quantitative estimate of drug-likeness (QED) is 0.902. The molecule has 1 atom stereocenters. The molecule has 2 saturated heterocycles. The number of nitrogens with one attached hydrogen (secondary N) is 1. The Morgan fingerprint density at radius 2 is 2.20 bits per heavy atom. The lowest BCUT2D eigenvalue weighted by Crippen LogP contribution is -2.62. The van der Waals surface area contributed by atoms with Gasteiger partial charge in [0.15, 0.2) is 0 Å². The van der Waals surface area contributed by atoms with Crippen molar-refractivity contribution in [2.45, 2.75) is 44.6 Å². The number of aromatic nitrogens is 1. The van der Waals surface area contributed by atoms with Crippen LogP contribution in [0.2, 0.25) is 0 Å². The summed E-state index contributed by atoms with van der Waals surface area (Å²) in [6, 6.07) is 3.74. The van der Waals surface area contributed by atoms with E-state index in [2.05, 4.69) is 29.2 Å². The van der Waals surface area contributed by atoms with E-state index in [1.807, 2.05) is 17.0 Å². The van der Waals surface area contributed by atoms with Crippen molar-refractivity contribution in [2.24, 2.45) is 0 Å². The van der Waals surface area contributed by atoms with Gasteiger partial charge in [-0.05, 0) is 38.4 Å². The van der Waals surface area contributed by atoms with Gasteiger partial charge < -0.3 is 10.2 Å². The van der Waals surface area contributed by atoms with Gasteiger partial charge >= 0.3 is 0 Å². The largest absolute Gasteiger partial charge is 0.356 e. The highest BCUT2D eigenvalue weighted by atomic mass is 16.2. The lowest BCUT2D eigenvalue weighted by molar-refractivity contribution is -0.121. The van der Waals surface area contributed by atoms with Gasteiger partial charge in [-0.2, -0.15) is 0 Å². The maximum atomic E-state index is 13.0. The molecule has 2 amide bonds. The molecule has 0 radical (unpaired) electrons. The monoisotopic (exact) mass is 344 g/mol. The Morgan fingerprint density at radius 1 is 1.36 bits per heavy atom. The van der Waals surface area contributed by atoms with Crippen LogP contribution in [0.3, 0.4) is 0 Å². The summed E-state index contributed by atoms with van der Waals surface area (Å²) in [5.41, 5.74) is 1.59. The highest BCUT2D eigenvalue weighted by Gasteiger charge is 2.42. The van der Waals surface area contributed by atoms with Crippen molar-refractivity contribution in [1.29, 1.82) is 0 Å². The number of hydrogen-bond donors (Lipinski definition) is 1. The molecule has 1 aromatic heterocycles. The number of pyridine rings is 1. The molecule has 25 heavy (non-hydrogen) atoms. The average molecular weight is 344 g/mol. The molecule has 0 aliphatic carbocycles. The van der Waals surface area contributed by atoms with E-state index >= 15 is 0 Å². The second kappa shape index (κ2) is 7.52. The zero-order valence-electron chi connectivity index (χ0n) is 15.3. The minimum Gasteiger partial charge on any atom is -0.356 e. The number of rotatable bonds is 3. The van der Waals surface area contributed by atoms with Gasteiger partial charge in [-0.3, -0.25) is 19.5 Å². The lowest BCUT2D eigenvalue weighted by atomic mass is 9.86. The van der Waals surface area contributed by atoms with E-state index in [0.29, 0.717) is 19.5 Å². The molecule has 2 aliphatic heterocycles. The number of likely N-dealkylation sites (N-methyl/N-ethyl adjacent to an activating group) is 1. The van der Waals surface area contributed by atoms with Crippen LogP contribution < -0.4 is 5.32 Å². The molecule has 1 N–H and O–H groups in total. The summed E-state index contributed by atoms with van der Waals surface area (Å²) in [6.45, 7) is 5.04. The summed E-state index contributed by atoms with van der Waals surface area (Å²) in [7, 11) is 2.11. The number of carbonyl (C=O) groups is 2. The Kier molecular flexibility index (Phi) is 5.37. The first-order valence-corrected chi connectivity index (χ1v) is 9.26. The number of hydrogen-bond acceptors (Lipinski definition) is 4. The van der Waals surface area contributed by atoms with Gasteiger partial charge in [-0.1, -0.05) is 13.3 Å². The van der Waals surface area contributed by atoms with Gasteiger partial charge in [-0.15, -0.1) is 0 Å². The van der Waals surface area contributed by atoms with Crippen molar-refractivity contribution in [3.8, 4) is 0 Å². The number of amides is 2. The molecule has 1 unspecified atom stereocenters. The van der Waals surface area contributed by atoms with Gasteiger partial charge in [-0.25, -0.2) is 0 Å². The predicted octanol–water partition coefficient (Wildman–Crippen LogP) is 1.46. The van der Waals surface area contributed by atoms with Gasteiger partial charge in [0.25, 0.3) is 5.91 Å². The Bertz CT molecular complexity index is 648. The van der Waals surface area contributed by atoms with Crippen molar-refractivity contribution < 1.29 is 9.59 Å². The second-order valence-corrected chi connectivity index (χ2v) is 7.26. The minimum absolute atomic E-state index is 0.0794. The van der Waals surface area contributed by atoms with Crippen LogP contribution in [-0.4, -0.2) is 65.4 Å². The van der Waals surface area contributed by atoms with Gasteiger partial charge in [0.05, 0.1) is 0 Å². The standard InChI is InChI=1S/C19H28N4O2/c1-3-4-16-13-15(6-9-20-16)18(25)23-12-11-22(2)19(14-23)7-5-17(24)21-10-8-19/h6,9,13H,3-5,7-8,10-12,14H2,1-2H3,(H,21,24). The van der Waals surface area contributed by atoms with Crippen LogP contribution in [0.4, 0.5) is 0 Å². The predicted molar refractivity (Wildman–Crippen MR) is 96.4 cm³/mol. The smallest absolute Gasteiger partial charge is 0.254 e. The fourth-order valence-electron chi connectivity index (χ4n) is 3.96. The SMILES string of the molecule is CCCc1cc(C(=O)N2CCN(C)C3(CCNC(=O)CC3)C2)ccn1. The molecule has 2 aliphatic rings. The fourth-order valence-corrected chi connectivity index (χ4v) is 3.96. The Morgan fingerprint density at radius 3 is 3.00 bits per heavy atom. The summed E-state index contributed by atoms with van der Waals surface area (Å²) in [5, 5.41) is 2.96. The third-order valence-corrected chi connectivity index (χ3v) is 5.59. The maximum Gasteiger partial charge on any atom is 0.254 e. The molecule has 0 aromatic carbocycles. The molecule has 136 valence electrons. The lowest BCUT2D eigenvalue weighted by Gasteiger charge is -2.49. The molecule has 2 fully saturated rings. The highest BCUT2D eigenvalue weighted by Crippen LogP contribution is 2.31. The van der Waals surface area contributed by atoms with Crippen LogP contribution in [0.25, 0.3) is 0 Å². The van der Waals surface area contributed by atoms with Crippen molar-refractivity contribution in [3.05, 3.63) is 29.6 Å². The molecular weight excluding hydrogens is 316 g/mol. The van der Waals surface area contributed by atoms with Crippen molar-refractivity contribution in [2.75, 3.05) is 33.2 Å². The second-order valence-electron chi connectivity index (χ2n) is 7.26. The maximum absolute atomic E-state index is 13.0. The molecule has 1 spiro atoms. The zero-order valence-corrected chi connectivity index (χ0v) is 15.3. The van der Waals surface area contributed by atoms with Crippen LogP contribution in [0.5, 0.6) is 0 Å². The molecule has 3 rings (SSSR count). The summed E-state index contributed by atoms with van der Waals surface area (Å²) in [6.07, 6.45) is 5.86. The summed E-state index contributed by atoms with van der Waals surface area (Å²) in [4.78, 5) is 33.4. The van der Waals surface area contributed by atoms with E-state index in [1.54, 1.807) is 6.20 Å². The first-order chi connectivity index (χ1) is 12.0. The van der Waals surface area contributed by atoms with E-state index in [9.17, 15) is 9.59 Å². The van der Waals surface area contributed by atoms with Gasteiger partial charge in [0.1, 0.15) is 0 Å². The van der Waals surface area contributed by atoms with E-state index in [-0.39, 0.29) is 17.4 Å². The normalized spacial score (nSPS) is 24.9. The fraction of sp³-hybridized carbons (Fsp3) is 0.632. The summed E-state index contributed by atoms with van der Waals surface area (Å²) in [5.74, 6) is 0.197. The van der Waals surface area contributed by atoms with Crippen LogP contribution in [0.15, 0.2) is 18.3 Å². The molecule has 6 heteroatoms. The van der Waals surface area contributed by atoms with Gasteiger partial charge in [0.2, 0.25) is 5.91 Å². The van der Waals surface area contributed by atoms with Gasteiger partial charge in [0, 0.05) is 55.6 Å². The van der Waals surface area contributed by atoms with Crippen LogP contribution in [-0.2, 0) is 11.2 Å². The first kappa shape index (κ1) is 17.9. The number of nitrogens with zero attached hydrogens (tertiary/aromatic N) is 3. The minimum atomic E-state index is -0.105. The van der Waals surface area contributed by atoms with E-state index in [4.69, 9.17) is 0 Å². The zero-order chi connectivity index (χ0) is 17.9. The van der Waals surface area contributed by atoms with Crippen molar-refractivity contribution >= 4 is 11.8 Å².